The predicted octanol–water partition coefficient (Wildman–Crippen LogP) is 2.49. The molecule has 0 aliphatic heterocycles. The van der Waals surface area contributed by atoms with Gasteiger partial charge in [0.2, 0.25) is 0 Å². The van der Waals surface area contributed by atoms with Gasteiger partial charge in [0.15, 0.2) is 0 Å². The van der Waals surface area contributed by atoms with Gasteiger partial charge in [0.05, 0.1) is 26.1 Å². The molecule has 1 aromatic carbocycles. The molecule has 1 heterocycles. The van der Waals surface area contributed by atoms with E-state index in [4.69, 9.17) is 5.11 Å². The fourth-order valence-corrected chi connectivity index (χ4v) is 2.74. The van der Waals surface area contributed by atoms with E-state index in [-0.39, 0.29) is 16.1 Å². The topological polar surface area (TPSA) is 98.3 Å². The minimum Gasteiger partial charge on any atom is -0.478 e. The zero-order chi connectivity index (χ0) is 14.9. The van der Waals surface area contributed by atoms with Crippen LogP contribution in [0.4, 0.5) is 5.69 Å². The van der Waals surface area contributed by atoms with E-state index in [1.54, 1.807) is 17.8 Å². The molecule has 0 fully saturated rings. The van der Waals surface area contributed by atoms with E-state index < -0.39 is 10.9 Å². The van der Waals surface area contributed by atoms with Crippen molar-refractivity contribution in [2.75, 3.05) is 0 Å². The first-order valence-electron chi connectivity index (χ1n) is 5.58. The van der Waals surface area contributed by atoms with Crippen LogP contribution < -0.4 is 0 Å². The zero-order valence-corrected chi connectivity index (χ0v) is 11.5. The molecule has 20 heavy (non-hydrogen) atoms. The van der Waals surface area contributed by atoms with Crippen LogP contribution in [0.15, 0.2) is 34.2 Å². The highest BCUT2D eigenvalue weighted by Crippen LogP contribution is 2.35. The number of hydrogen-bond donors (Lipinski definition) is 1. The van der Waals surface area contributed by atoms with Gasteiger partial charge in [0, 0.05) is 13.1 Å². The van der Waals surface area contributed by atoms with E-state index in [9.17, 15) is 14.9 Å². The number of nitrogens with zero attached hydrogens (tertiary/aromatic N) is 3. The fraction of sp³-hybridized carbons (Fsp3) is 0.167. The van der Waals surface area contributed by atoms with Gasteiger partial charge in [-0.2, -0.15) is 5.10 Å². The number of aryl methyl sites for hydroxylation is 2. The molecule has 104 valence electrons. The van der Waals surface area contributed by atoms with Gasteiger partial charge in [-0.1, -0.05) is 11.8 Å². The third-order valence-corrected chi connectivity index (χ3v) is 3.72. The van der Waals surface area contributed by atoms with Gasteiger partial charge in [-0.25, -0.2) is 4.79 Å². The highest BCUT2D eigenvalue weighted by atomic mass is 32.2. The molecule has 1 aromatic heterocycles. The second-order valence-corrected chi connectivity index (χ2v) is 5.16. The molecule has 0 spiro atoms. The maximum absolute atomic E-state index is 11.0. The standard InChI is InChI=1S/C12H11N3O4S/c1-7-5-11(14(2)13-7)20-10-6-8(12(16)17)3-4-9(10)15(18)19/h3-6H,1-2H3,(H,16,17). The predicted molar refractivity (Wildman–Crippen MR) is 72.1 cm³/mol. The SMILES string of the molecule is Cc1cc(Sc2cc(C(=O)O)ccc2[N+](=O)[O-])n(C)n1. The second-order valence-electron chi connectivity index (χ2n) is 4.09. The summed E-state index contributed by atoms with van der Waals surface area (Å²) in [4.78, 5) is 21.7. The minimum absolute atomic E-state index is 0.0111. The number of carbonyl (C=O) groups is 1. The number of aromatic nitrogens is 2. The van der Waals surface area contributed by atoms with E-state index in [0.29, 0.717) is 5.03 Å². The molecule has 1 N–H and O–H groups in total. The zero-order valence-electron chi connectivity index (χ0n) is 10.7. The van der Waals surface area contributed by atoms with Crippen molar-refractivity contribution in [3.8, 4) is 0 Å². The normalized spacial score (nSPS) is 10.5. The number of hydrogen-bond acceptors (Lipinski definition) is 5. The number of carboxylic acid groups (broad SMARTS) is 1. The van der Waals surface area contributed by atoms with E-state index in [1.807, 2.05) is 6.92 Å². The molecule has 0 saturated carbocycles. The van der Waals surface area contributed by atoms with Crippen molar-refractivity contribution >= 4 is 23.4 Å². The van der Waals surface area contributed by atoms with Crippen molar-refractivity contribution in [1.82, 2.24) is 9.78 Å². The Morgan fingerprint density at radius 1 is 1.45 bits per heavy atom. The second kappa shape index (κ2) is 5.33. The van der Waals surface area contributed by atoms with Crippen LogP contribution >= 0.6 is 11.8 Å². The van der Waals surface area contributed by atoms with E-state index in [1.165, 1.54) is 18.2 Å². The molecule has 0 amide bonds. The van der Waals surface area contributed by atoms with Crippen LogP contribution in [0.25, 0.3) is 0 Å². The molecule has 2 aromatic rings. The van der Waals surface area contributed by atoms with Crippen LogP contribution in [-0.4, -0.2) is 25.8 Å². The summed E-state index contributed by atoms with van der Waals surface area (Å²) in [6, 6.07) is 5.50. The van der Waals surface area contributed by atoms with E-state index in [0.717, 1.165) is 17.5 Å². The number of aromatic carboxylic acids is 1. The summed E-state index contributed by atoms with van der Waals surface area (Å²) in [5, 5.41) is 24.8. The van der Waals surface area contributed by atoms with Gasteiger partial charge in [-0.05, 0) is 25.1 Å². The van der Waals surface area contributed by atoms with Crippen LogP contribution in [-0.2, 0) is 7.05 Å². The molecule has 0 aliphatic rings. The third-order valence-electron chi connectivity index (χ3n) is 2.58. The molecular formula is C12H11N3O4S. The van der Waals surface area contributed by atoms with Crippen LogP contribution in [0.5, 0.6) is 0 Å². The van der Waals surface area contributed by atoms with Gasteiger partial charge in [0.25, 0.3) is 5.69 Å². The maximum Gasteiger partial charge on any atom is 0.335 e. The van der Waals surface area contributed by atoms with Crippen molar-refractivity contribution < 1.29 is 14.8 Å². The summed E-state index contributed by atoms with van der Waals surface area (Å²) in [6.07, 6.45) is 0. The Morgan fingerprint density at radius 3 is 2.65 bits per heavy atom. The molecule has 0 bridgehead atoms. The minimum atomic E-state index is -1.12. The highest BCUT2D eigenvalue weighted by Gasteiger charge is 2.19. The number of nitro benzene ring substituents is 1. The van der Waals surface area contributed by atoms with Crippen molar-refractivity contribution in [3.05, 3.63) is 45.6 Å². The van der Waals surface area contributed by atoms with Crippen LogP contribution in [0.3, 0.4) is 0 Å². The lowest BCUT2D eigenvalue weighted by atomic mass is 10.2. The van der Waals surface area contributed by atoms with Gasteiger partial charge in [-0.3, -0.25) is 14.8 Å². The number of carboxylic acids is 1. The van der Waals surface area contributed by atoms with Gasteiger partial charge < -0.3 is 5.11 Å². The quantitative estimate of drug-likeness (QED) is 0.687. The molecule has 0 saturated heterocycles. The van der Waals surface area contributed by atoms with Crippen LogP contribution in [0, 0.1) is 17.0 Å². The smallest absolute Gasteiger partial charge is 0.335 e. The molecule has 7 nitrogen and oxygen atoms in total. The summed E-state index contributed by atoms with van der Waals surface area (Å²) in [5.41, 5.74) is 0.669. The Morgan fingerprint density at radius 2 is 2.15 bits per heavy atom. The van der Waals surface area contributed by atoms with Crippen molar-refractivity contribution in [2.45, 2.75) is 16.8 Å². The first kappa shape index (κ1) is 14.1. The lowest BCUT2D eigenvalue weighted by Crippen LogP contribution is -1.99. The number of benzene rings is 1. The number of rotatable bonds is 4. The van der Waals surface area contributed by atoms with Gasteiger partial charge >= 0.3 is 5.97 Å². The lowest BCUT2D eigenvalue weighted by molar-refractivity contribution is -0.387. The van der Waals surface area contributed by atoms with E-state index in [2.05, 4.69) is 5.10 Å². The van der Waals surface area contributed by atoms with Gasteiger partial charge in [0.1, 0.15) is 0 Å². The monoisotopic (exact) mass is 293 g/mol. The number of nitro groups is 1. The van der Waals surface area contributed by atoms with Crippen molar-refractivity contribution in [2.24, 2.45) is 7.05 Å². The lowest BCUT2D eigenvalue weighted by Gasteiger charge is -2.04. The van der Waals surface area contributed by atoms with Gasteiger partial charge in [-0.15, -0.1) is 0 Å². The molecule has 0 aliphatic carbocycles. The summed E-state index contributed by atoms with van der Waals surface area (Å²) >= 11 is 1.12. The fourth-order valence-electron chi connectivity index (χ4n) is 1.67. The van der Waals surface area contributed by atoms with Crippen LogP contribution in [0.1, 0.15) is 16.1 Å². The first-order chi connectivity index (χ1) is 9.38. The summed E-state index contributed by atoms with van der Waals surface area (Å²) in [7, 11) is 1.72. The largest absolute Gasteiger partial charge is 0.478 e. The maximum atomic E-state index is 11.0. The average molecular weight is 293 g/mol. The summed E-state index contributed by atoms with van der Waals surface area (Å²) in [6.45, 7) is 1.81. The molecule has 0 atom stereocenters. The van der Waals surface area contributed by atoms with E-state index >= 15 is 0 Å². The average Bonchev–Trinajstić information content (AvgIpc) is 2.67. The first-order valence-corrected chi connectivity index (χ1v) is 6.40. The van der Waals surface area contributed by atoms with Crippen molar-refractivity contribution in [1.29, 1.82) is 0 Å². The Bertz CT molecular complexity index is 696. The van der Waals surface area contributed by atoms with Crippen LogP contribution in [0.2, 0.25) is 0 Å². The Labute approximate surface area is 118 Å². The Hall–Kier alpha value is -2.35. The summed E-state index contributed by atoms with van der Waals surface area (Å²) in [5.74, 6) is -1.12. The molecular weight excluding hydrogens is 282 g/mol. The molecule has 0 unspecified atom stereocenters. The molecule has 8 heteroatoms. The third kappa shape index (κ3) is 2.80. The Balaban J connectivity index is 2.47. The molecule has 2 rings (SSSR count). The van der Waals surface area contributed by atoms with Crippen molar-refractivity contribution in [3.63, 3.8) is 0 Å². The Kier molecular flexibility index (Phi) is 3.75. The molecule has 0 radical (unpaired) electrons. The summed E-state index contributed by atoms with van der Waals surface area (Å²) < 4.78 is 1.59. The highest BCUT2D eigenvalue weighted by molar-refractivity contribution is 7.99.